The molecule has 1 aliphatic rings. The van der Waals surface area contributed by atoms with E-state index in [1.54, 1.807) is 36.4 Å². The number of aromatic nitrogens is 2. The zero-order valence-electron chi connectivity index (χ0n) is 19.1. The molecule has 176 valence electrons. The molecular formula is C27H23N3O5. The molecule has 8 heteroatoms. The van der Waals surface area contributed by atoms with Crippen molar-refractivity contribution in [3.05, 3.63) is 89.0 Å². The number of carbonyl (C=O) groups is 2. The van der Waals surface area contributed by atoms with Crippen molar-refractivity contribution in [2.45, 2.75) is 19.9 Å². The van der Waals surface area contributed by atoms with E-state index in [1.165, 1.54) is 17.0 Å². The first-order valence-electron chi connectivity index (χ1n) is 11.2. The Morgan fingerprint density at radius 3 is 2.60 bits per heavy atom. The molecule has 0 aliphatic carbocycles. The van der Waals surface area contributed by atoms with E-state index in [2.05, 4.69) is 9.97 Å². The van der Waals surface area contributed by atoms with Gasteiger partial charge in [-0.1, -0.05) is 24.3 Å². The zero-order chi connectivity index (χ0) is 24.7. The van der Waals surface area contributed by atoms with Crippen molar-refractivity contribution in [3.8, 4) is 11.5 Å². The quantitative estimate of drug-likeness (QED) is 0.223. The van der Waals surface area contributed by atoms with Crippen LogP contribution >= 0.6 is 0 Å². The molecule has 1 unspecified atom stereocenters. The zero-order valence-corrected chi connectivity index (χ0v) is 19.1. The standard InChI is InChI=1S/C27H23N3O5/c1-3-35-21-12-11-17(13-15(21)2)24(32)22-23(16-7-6-8-18(31)14-16)30(26(34)25(22)33)27-28-19-9-4-5-10-20(19)29-27/h4-14,23,31-32H,3H2,1-2H3,(H,28,29)/b24-22+. The lowest BCUT2D eigenvalue weighted by Crippen LogP contribution is -2.30. The van der Waals surface area contributed by atoms with Gasteiger partial charge in [-0.3, -0.25) is 14.5 Å². The second-order valence-corrected chi connectivity index (χ2v) is 8.25. The summed E-state index contributed by atoms with van der Waals surface area (Å²) in [4.78, 5) is 35.4. The average Bonchev–Trinajstić information content (AvgIpc) is 3.38. The first-order chi connectivity index (χ1) is 16.9. The van der Waals surface area contributed by atoms with E-state index in [-0.39, 0.29) is 23.0 Å². The largest absolute Gasteiger partial charge is 0.508 e. The van der Waals surface area contributed by atoms with Crippen molar-refractivity contribution in [1.82, 2.24) is 9.97 Å². The molecule has 0 saturated carbocycles. The van der Waals surface area contributed by atoms with Gasteiger partial charge < -0.3 is 19.9 Å². The number of fused-ring (bicyclic) bond motifs is 1. The van der Waals surface area contributed by atoms with Crippen LogP contribution in [0, 0.1) is 6.92 Å². The van der Waals surface area contributed by atoms with E-state index in [0.29, 0.717) is 34.5 Å². The topological polar surface area (TPSA) is 116 Å². The predicted molar refractivity (Wildman–Crippen MR) is 131 cm³/mol. The van der Waals surface area contributed by atoms with Crippen LogP contribution < -0.4 is 9.64 Å². The number of aliphatic hydroxyl groups excluding tert-OH is 1. The molecule has 1 amide bonds. The first-order valence-corrected chi connectivity index (χ1v) is 11.2. The van der Waals surface area contributed by atoms with Crippen LogP contribution in [0.1, 0.15) is 29.7 Å². The minimum absolute atomic E-state index is 0.0328. The summed E-state index contributed by atoms with van der Waals surface area (Å²) >= 11 is 0. The van der Waals surface area contributed by atoms with Crippen LogP contribution in [-0.4, -0.2) is 38.5 Å². The van der Waals surface area contributed by atoms with Crippen LogP contribution in [0.4, 0.5) is 5.95 Å². The van der Waals surface area contributed by atoms with Crippen molar-refractivity contribution < 1.29 is 24.5 Å². The molecule has 0 spiro atoms. The summed E-state index contributed by atoms with van der Waals surface area (Å²) in [6.45, 7) is 4.20. The highest BCUT2D eigenvalue weighted by Gasteiger charge is 2.48. The molecule has 3 aromatic carbocycles. The lowest BCUT2D eigenvalue weighted by atomic mass is 9.94. The first kappa shape index (κ1) is 22.2. The van der Waals surface area contributed by atoms with Gasteiger partial charge in [-0.2, -0.15) is 0 Å². The van der Waals surface area contributed by atoms with Crippen LogP contribution in [0.5, 0.6) is 11.5 Å². The Morgan fingerprint density at radius 1 is 1.09 bits per heavy atom. The van der Waals surface area contributed by atoms with Gasteiger partial charge in [0.1, 0.15) is 17.3 Å². The van der Waals surface area contributed by atoms with Crippen LogP contribution in [-0.2, 0) is 9.59 Å². The maximum Gasteiger partial charge on any atom is 0.302 e. The fourth-order valence-electron chi connectivity index (χ4n) is 4.38. The number of carbonyl (C=O) groups excluding carboxylic acids is 2. The van der Waals surface area contributed by atoms with Crippen molar-refractivity contribution in [1.29, 1.82) is 0 Å². The van der Waals surface area contributed by atoms with Crippen LogP contribution in [0.2, 0.25) is 0 Å². The molecule has 4 aromatic rings. The molecule has 3 N–H and O–H groups in total. The van der Waals surface area contributed by atoms with Crippen LogP contribution in [0.3, 0.4) is 0 Å². The Morgan fingerprint density at radius 2 is 1.89 bits per heavy atom. The lowest BCUT2D eigenvalue weighted by Gasteiger charge is -2.23. The number of Topliss-reactive ketones (excluding diaryl/α,β-unsaturated/α-hetero) is 1. The number of aryl methyl sites for hydroxylation is 1. The summed E-state index contributed by atoms with van der Waals surface area (Å²) in [6, 6.07) is 17.6. The number of imidazole rings is 1. The Hall–Kier alpha value is -4.59. The van der Waals surface area contributed by atoms with Gasteiger partial charge >= 0.3 is 5.91 Å². The number of hydrogen-bond acceptors (Lipinski definition) is 6. The summed E-state index contributed by atoms with van der Waals surface area (Å²) in [5, 5.41) is 21.4. The maximum absolute atomic E-state index is 13.3. The molecular weight excluding hydrogens is 446 g/mol. The van der Waals surface area contributed by atoms with Gasteiger partial charge in [0, 0.05) is 5.56 Å². The fraction of sp³-hybridized carbons (Fsp3) is 0.148. The van der Waals surface area contributed by atoms with Crippen molar-refractivity contribution in [2.24, 2.45) is 0 Å². The van der Waals surface area contributed by atoms with Crippen LogP contribution in [0.15, 0.2) is 72.3 Å². The van der Waals surface area contributed by atoms with E-state index >= 15 is 0 Å². The molecule has 35 heavy (non-hydrogen) atoms. The van der Waals surface area contributed by atoms with E-state index in [1.807, 2.05) is 32.0 Å². The van der Waals surface area contributed by atoms with Gasteiger partial charge in [-0.15, -0.1) is 0 Å². The number of ketones is 1. The number of nitrogens with one attached hydrogen (secondary N) is 1. The SMILES string of the molecule is CCOc1ccc(/C(O)=C2\C(=O)C(=O)N(c3nc4ccccc4[nH]3)C2c2cccc(O)c2)cc1C. The number of benzene rings is 3. The van der Waals surface area contributed by atoms with Crippen molar-refractivity contribution >= 4 is 34.4 Å². The number of ether oxygens (including phenoxy) is 1. The molecule has 1 atom stereocenters. The third kappa shape index (κ3) is 3.78. The van der Waals surface area contributed by atoms with Gasteiger partial charge in [0.05, 0.1) is 29.3 Å². The number of anilines is 1. The number of rotatable bonds is 5. The predicted octanol–water partition coefficient (Wildman–Crippen LogP) is 4.60. The summed E-state index contributed by atoms with van der Waals surface area (Å²) in [5.41, 5.74) is 2.83. The monoisotopic (exact) mass is 469 g/mol. The summed E-state index contributed by atoms with van der Waals surface area (Å²) in [6.07, 6.45) is 0. The van der Waals surface area contributed by atoms with E-state index < -0.39 is 17.7 Å². The highest BCUT2D eigenvalue weighted by molar-refractivity contribution is 6.51. The number of aliphatic hydroxyl groups is 1. The molecule has 0 bridgehead atoms. The Kier molecular flexibility index (Phi) is 5.49. The second-order valence-electron chi connectivity index (χ2n) is 8.25. The Bertz CT molecular complexity index is 1470. The number of aromatic hydroxyl groups is 1. The lowest BCUT2D eigenvalue weighted by molar-refractivity contribution is -0.132. The molecule has 5 rings (SSSR count). The Balaban J connectivity index is 1.71. The van der Waals surface area contributed by atoms with Gasteiger partial charge in [0.25, 0.3) is 5.78 Å². The van der Waals surface area contributed by atoms with Gasteiger partial charge in [-0.05, 0) is 67.4 Å². The van der Waals surface area contributed by atoms with E-state index in [9.17, 15) is 19.8 Å². The molecule has 1 aliphatic heterocycles. The van der Waals surface area contributed by atoms with Crippen molar-refractivity contribution in [3.63, 3.8) is 0 Å². The number of nitrogens with zero attached hydrogens (tertiary/aromatic N) is 2. The second kappa shape index (κ2) is 8.64. The summed E-state index contributed by atoms with van der Waals surface area (Å²) < 4.78 is 5.58. The van der Waals surface area contributed by atoms with E-state index in [0.717, 1.165) is 5.56 Å². The number of aromatic amines is 1. The van der Waals surface area contributed by atoms with Crippen molar-refractivity contribution in [2.75, 3.05) is 11.5 Å². The normalized spacial score (nSPS) is 17.3. The van der Waals surface area contributed by atoms with E-state index in [4.69, 9.17) is 4.74 Å². The molecule has 1 saturated heterocycles. The maximum atomic E-state index is 13.3. The number of phenols is 1. The Labute approximate surface area is 201 Å². The average molecular weight is 469 g/mol. The van der Waals surface area contributed by atoms with Gasteiger partial charge in [0.15, 0.2) is 0 Å². The molecule has 8 nitrogen and oxygen atoms in total. The molecule has 0 radical (unpaired) electrons. The molecule has 2 heterocycles. The fourth-order valence-corrected chi connectivity index (χ4v) is 4.38. The molecule has 1 aromatic heterocycles. The van der Waals surface area contributed by atoms with Gasteiger partial charge in [-0.25, -0.2) is 4.98 Å². The third-order valence-corrected chi connectivity index (χ3v) is 5.98. The third-order valence-electron chi connectivity index (χ3n) is 5.98. The van der Waals surface area contributed by atoms with Gasteiger partial charge in [0.2, 0.25) is 5.95 Å². The number of para-hydroxylation sites is 2. The van der Waals surface area contributed by atoms with Crippen LogP contribution in [0.25, 0.3) is 16.8 Å². The highest BCUT2D eigenvalue weighted by Crippen LogP contribution is 2.42. The number of H-pyrrole nitrogens is 1. The number of phenolic OH excluding ortho intramolecular Hbond substituents is 1. The minimum atomic E-state index is -1.01. The minimum Gasteiger partial charge on any atom is -0.508 e. The molecule has 1 fully saturated rings. The highest BCUT2D eigenvalue weighted by atomic mass is 16.5. The summed E-state index contributed by atoms with van der Waals surface area (Å²) in [5.74, 6) is -1.19. The smallest absolute Gasteiger partial charge is 0.302 e. The number of amides is 1. The summed E-state index contributed by atoms with van der Waals surface area (Å²) in [7, 11) is 0. The number of hydrogen-bond donors (Lipinski definition) is 3.